The second kappa shape index (κ2) is 6.19. The van der Waals surface area contributed by atoms with E-state index in [-0.39, 0.29) is 11.9 Å². The highest BCUT2D eigenvalue weighted by molar-refractivity contribution is 6.03. The Morgan fingerprint density at radius 1 is 1.30 bits per heavy atom. The van der Waals surface area contributed by atoms with Crippen LogP contribution < -0.4 is 5.32 Å². The Kier molecular flexibility index (Phi) is 3.95. The van der Waals surface area contributed by atoms with Gasteiger partial charge in [0.2, 0.25) is 0 Å². The Balaban J connectivity index is 1.59. The number of hydrogen-bond donors (Lipinski definition) is 1. The summed E-state index contributed by atoms with van der Waals surface area (Å²) in [6.45, 7) is 5.68. The number of pyridine rings is 1. The molecule has 0 unspecified atom stereocenters. The number of hydrogen-bond acceptors (Lipinski definition) is 5. The minimum Gasteiger partial charge on any atom is -0.445 e. The molecule has 0 radical (unpaired) electrons. The van der Waals surface area contributed by atoms with Crippen LogP contribution in [0.4, 0.5) is 5.69 Å². The number of aromatic nitrogens is 3. The average Bonchev–Trinajstić information content (AvgIpc) is 3.05. The van der Waals surface area contributed by atoms with Gasteiger partial charge in [0, 0.05) is 17.8 Å². The number of esters is 1. The molecule has 1 aliphatic heterocycles. The first-order valence-electron chi connectivity index (χ1n) is 8.83. The summed E-state index contributed by atoms with van der Waals surface area (Å²) in [6, 6.07) is 9.18. The van der Waals surface area contributed by atoms with Crippen molar-refractivity contribution in [1.29, 1.82) is 0 Å². The number of anilines is 1. The van der Waals surface area contributed by atoms with Gasteiger partial charge in [0.25, 0.3) is 5.91 Å². The van der Waals surface area contributed by atoms with Crippen molar-refractivity contribution in [3.05, 3.63) is 53.9 Å². The van der Waals surface area contributed by atoms with E-state index >= 15 is 0 Å². The zero-order valence-electron chi connectivity index (χ0n) is 15.4. The average molecular weight is 364 g/mol. The van der Waals surface area contributed by atoms with E-state index in [1.807, 2.05) is 36.7 Å². The van der Waals surface area contributed by atoms with Gasteiger partial charge in [-0.3, -0.25) is 4.79 Å². The normalized spacial score (nSPS) is 19.0. The first-order chi connectivity index (χ1) is 12.9. The number of nitrogens with zero attached hydrogens (tertiary/aromatic N) is 3. The van der Waals surface area contributed by atoms with Crippen LogP contribution in [0.25, 0.3) is 11.0 Å². The van der Waals surface area contributed by atoms with Crippen LogP contribution in [0.3, 0.4) is 0 Å². The lowest BCUT2D eigenvalue weighted by Gasteiger charge is -2.33. The van der Waals surface area contributed by atoms with Crippen LogP contribution in [0.1, 0.15) is 42.7 Å². The summed E-state index contributed by atoms with van der Waals surface area (Å²) in [7, 11) is 0. The van der Waals surface area contributed by atoms with Gasteiger partial charge in [0.1, 0.15) is 0 Å². The quantitative estimate of drug-likeness (QED) is 0.722. The van der Waals surface area contributed by atoms with Crippen molar-refractivity contribution in [2.45, 2.75) is 38.8 Å². The van der Waals surface area contributed by atoms with Gasteiger partial charge in [-0.2, -0.15) is 5.10 Å². The summed E-state index contributed by atoms with van der Waals surface area (Å²) in [5, 5.41) is 7.98. The summed E-state index contributed by atoms with van der Waals surface area (Å²) in [5.74, 6) is -0.871. The van der Waals surface area contributed by atoms with Crippen molar-refractivity contribution in [3.8, 4) is 0 Å². The molecular weight excluding hydrogens is 344 g/mol. The van der Waals surface area contributed by atoms with Crippen molar-refractivity contribution >= 4 is 28.6 Å². The summed E-state index contributed by atoms with van der Waals surface area (Å²) in [4.78, 5) is 29.5. The fourth-order valence-electron chi connectivity index (χ4n) is 3.31. The van der Waals surface area contributed by atoms with Crippen LogP contribution in [0.2, 0.25) is 0 Å². The van der Waals surface area contributed by atoms with Gasteiger partial charge in [-0.15, -0.1) is 0 Å². The number of nitrogens with one attached hydrogen (secondary N) is 1. The van der Waals surface area contributed by atoms with Gasteiger partial charge in [0.15, 0.2) is 11.2 Å². The SMILES string of the molecule is CC(C)n1ncc2cc(NC(=O)[C@@]3(C)Cc4ccccc4C(=O)O3)cnc21. The fraction of sp³-hybridized carbons (Fsp3) is 0.300. The van der Waals surface area contributed by atoms with Gasteiger partial charge in [0.05, 0.1) is 23.6 Å². The molecule has 3 heterocycles. The van der Waals surface area contributed by atoms with Crippen LogP contribution in [0.5, 0.6) is 0 Å². The number of fused-ring (bicyclic) bond motifs is 2. The number of benzene rings is 1. The van der Waals surface area contributed by atoms with Gasteiger partial charge in [-0.25, -0.2) is 14.5 Å². The molecule has 1 aromatic carbocycles. The number of amides is 1. The minimum atomic E-state index is -1.28. The van der Waals surface area contributed by atoms with Crippen LogP contribution in [0.15, 0.2) is 42.7 Å². The van der Waals surface area contributed by atoms with E-state index in [9.17, 15) is 9.59 Å². The highest BCUT2D eigenvalue weighted by atomic mass is 16.6. The number of ether oxygens (including phenoxy) is 1. The van der Waals surface area contributed by atoms with Crippen molar-refractivity contribution in [2.24, 2.45) is 0 Å². The lowest BCUT2D eigenvalue weighted by atomic mass is 9.89. The molecule has 0 fully saturated rings. The van der Waals surface area contributed by atoms with Crippen molar-refractivity contribution < 1.29 is 14.3 Å². The van der Waals surface area contributed by atoms with Gasteiger partial charge in [-0.1, -0.05) is 18.2 Å². The highest BCUT2D eigenvalue weighted by Crippen LogP contribution is 2.29. The number of carbonyl (C=O) groups is 2. The number of rotatable bonds is 3. The van der Waals surface area contributed by atoms with E-state index in [4.69, 9.17) is 4.74 Å². The zero-order chi connectivity index (χ0) is 19.2. The number of carbonyl (C=O) groups excluding carboxylic acids is 2. The molecule has 4 rings (SSSR count). The first kappa shape index (κ1) is 17.2. The first-order valence-corrected chi connectivity index (χ1v) is 8.83. The molecule has 3 aromatic rings. The predicted molar refractivity (Wildman–Crippen MR) is 101 cm³/mol. The molecule has 1 atom stereocenters. The van der Waals surface area contributed by atoms with Gasteiger partial charge >= 0.3 is 5.97 Å². The highest BCUT2D eigenvalue weighted by Gasteiger charge is 2.42. The lowest BCUT2D eigenvalue weighted by molar-refractivity contribution is -0.134. The van der Waals surface area contributed by atoms with E-state index in [0.29, 0.717) is 17.7 Å². The Labute approximate surface area is 156 Å². The van der Waals surface area contributed by atoms with E-state index in [1.54, 1.807) is 31.5 Å². The molecule has 27 heavy (non-hydrogen) atoms. The van der Waals surface area contributed by atoms with Gasteiger partial charge < -0.3 is 10.1 Å². The predicted octanol–water partition coefficient (Wildman–Crippen LogP) is 3.12. The molecule has 2 aromatic heterocycles. The third-order valence-electron chi connectivity index (χ3n) is 4.74. The summed E-state index contributed by atoms with van der Waals surface area (Å²) >= 11 is 0. The smallest absolute Gasteiger partial charge is 0.339 e. The maximum atomic E-state index is 12.9. The lowest BCUT2D eigenvalue weighted by Crippen LogP contribution is -2.48. The molecule has 1 aliphatic rings. The monoisotopic (exact) mass is 364 g/mol. The third kappa shape index (κ3) is 2.95. The molecule has 0 bridgehead atoms. The minimum absolute atomic E-state index is 0.191. The number of cyclic esters (lactones) is 1. The molecule has 0 saturated heterocycles. The molecule has 7 nitrogen and oxygen atoms in total. The molecule has 0 saturated carbocycles. The standard InChI is InChI=1S/C20H20N4O3/c1-12(2)24-17-14(10-22-24)8-15(11-21-17)23-19(26)20(3)9-13-6-4-5-7-16(13)18(25)27-20/h4-8,10-12H,9H2,1-3H3,(H,23,26)/t20-/m1/s1. The maximum absolute atomic E-state index is 12.9. The fourth-order valence-corrected chi connectivity index (χ4v) is 3.31. The molecule has 0 spiro atoms. The van der Waals surface area contributed by atoms with Crippen LogP contribution in [-0.2, 0) is 16.0 Å². The van der Waals surface area contributed by atoms with Crippen molar-refractivity contribution in [1.82, 2.24) is 14.8 Å². The summed E-state index contributed by atoms with van der Waals surface area (Å²) in [6.07, 6.45) is 3.63. The van der Waals surface area contributed by atoms with Gasteiger partial charge in [-0.05, 0) is 38.5 Å². The molecule has 1 amide bonds. The van der Waals surface area contributed by atoms with E-state index in [0.717, 1.165) is 16.6 Å². The zero-order valence-corrected chi connectivity index (χ0v) is 15.4. The topological polar surface area (TPSA) is 86.1 Å². The largest absolute Gasteiger partial charge is 0.445 e. The Morgan fingerprint density at radius 3 is 2.85 bits per heavy atom. The Bertz CT molecular complexity index is 1060. The van der Waals surface area contributed by atoms with E-state index < -0.39 is 11.6 Å². The summed E-state index contributed by atoms with van der Waals surface area (Å²) in [5.41, 5.74) is 1.33. The molecule has 0 aliphatic carbocycles. The third-order valence-corrected chi connectivity index (χ3v) is 4.74. The second-order valence-corrected chi connectivity index (χ2v) is 7.23. The summed E-state index contributed by atoms with van der Waals surface area (Å²) < 4.78 is 7.29. The van der Waals surface area contributed by atoms with Crippen LogP contribution >= 0.6 is 0 Å². The maximum Gasteiger partial charge on any atom is 0.339 e. The molecule has 138 valence electrons. The van der Waals surface area contributed by atoms with Crippen molar-refractivity contribution in [3.63, 3.8) is 0 Å². The Hall–Kier alpha value is -3.22. The Morgan fingerprint density at radius 2 is 2.07 bits per heavy atom. The molecular formula is C20H20N4O3. The molecule has 7 heteroatoms. The molecule has 1 N–H and O–H groups in total. The van der Waals surface area contributed by atoms with E-state index in [1.165, 1.54) is 0 Å². The second-order valence-electron chi connectivity index (χ2n) is 7.23. The van der Waals surface area contributed by atoms with Crippen LogP contribution in [-0.4, -0.2) is 32.2 Å². The van der Waals surface area contributed by atoms with Crippen molar-refractivity contribution in [2.75, 3.05) is 5.32 Å². The van der Waals surface area contributed by atoms with Crippen LogP contribution in [0, 0.1) is 0 Å². The van der Waals surface area contributed by atoms with E-state index in [2.05, 4.69) is 15.4 Å².